The molecule has 0 aliphatic rings. The maximum absolute atomic E-state index is 11.0. The van der Waals surface area contributed by atoms with Crippen molar-refractivity contribution >= 4 is 22.8 Å². The van der Waals surface area contributed by atoms with Gasteiger partial charge in [0.15, 0.2) is 0 Å². The Hall–Kier alpha value is -2.96. The van der Waals surface area contributed by atoms with Gasteiger partial charge in [-0.2, -0.15) is 5.10 Å². The summed E-state index contributed by atoms with van der Waals surface area (Å²) >= 11 is 0. The highest BCUT2D eigenvalue weighted by molar-refractivity contribution is 5.93. The van der Waals surface area contributed by atoms with Gasteiger partial charge in [-0.1, -0.05) is 0 Å². The number of nitrogens with zero attached hydrogens (tertiary/aromatic N) is 4. The van der Waals surface area contributed by atoms with E-state index in [4.69, 9.17) is 5.11 Å². The molecule has 2 aromatic heterocycles. The van der Waals surface area contributed by atoms with E-state index in [0.717, 1.165) is 43.3 Å². The number of aryl methyl sites for hydroxylation is 1. The van der Waals surface area contributed by atoms with Gasteiger partial charge in [-0.15, -0.1) is 0 Å². The Morgan fingerprint density at radius 1 is 1.17 bits per heavy atom. The molecule has 0 fully saturated rings. The van der Waals surface area contributed by atoms with Crippen molar-refractivity contribution in [2.75, 3.05) is 11.9 Å². The van der Waals surface area contributed by atoms with Crippen LogP contribution in [-0.4, -0.2) is 37.4 Å². The van der Waals surface area contributed by atoms with Crippen molar-refractivity contribution in [3.8, 4) is 0 Å². The first-order chi connectivity index (χ1) is 11.7. The van der Waals surface area contributed by atoms with Crippen LogP contribution in [0, 0.1) is 0 Å². The minimum absolute atomic E-state index is 0.288. The summed E-state index contributed by atoms with van der Waals surface area (Å²) in [5.74, 6) is -0.260. The Balaban J connectivity index is 1.45. The van der Waals surface area contributed by atoms with Gasteiger partial charge in [-0.25, -0.2) is 14.8 Å². The highest BCUT2D eigenvalue weighted by Gasteiger charge is 2.07. The van der Waals surface area contributed by atoms with Crippen LogP contribution in [0.2, 0.25) is 0 Å². The number of aromatic nitrogens is 4. The summed E-state index contributed by atoms with van der Waals surface area (Å²) < 4.78 is 1.93. The van der Waals surface area contributed by atoms with E-state index in [1.807, 2.05) is 10.7 Å². The predicted octanol–water partition coefficient (Wildman–Crippen LogP) is 2.81. The number of carboxylic acid groups (broad SMARTS) is 1. The fourth-order valence-electron chi connectivity index (χ4n) is 2.55. The number of fused-ring (bicyclic) bond motifs is 1. The number of carbonyl (C=O) groups is 1. The van der Waals surface area contributed by atoms with Gasteiger partial charge in [-0.05, 0) is 43.5 Å². The second kappa shape index (κ2) is 7.54. The maximum atomic E-state index is 11.0. The molecule has 0 spiro atoms. The lowest BCUT2D eigenvalue weighted by molar-refractivity contribution is 0.0697. The third-order valence-electron chi connectivity index (χ3n) is 3.78. The summed E-state index contributed by atoms with van der Waals surface area (Å²) in [6.45, 7) is 1.66. The molecule has 0 amide bonds. The molecule has 3 aromatic rings. The van der Waals surface area contributed by atoms with Crippen molar-refractivity contribution in [1.29, 1.82) is 0 Å². The lowest BCUT2D eigenvalue weighted by Crippen LogP contribution is -2.06. The van der Waals surface area contributed by atoms with E-state index in [-0.39, 0.29) is 5.56 Å². The second-order valence-corrected chi connectivity index (χ2v) is 5.51. The van der Waals surface area contributed by atoms with E-state index < -0.39 is 5.97 Å². The van der Waals surface area contributed by atoms with Gasteiger partial charge in [0.2, 0.25) is 5.95 Å². The van der Waals surface area contributed by atoms with Crippen molar-refractivity contribution in [3.05, 3.63) is 48.4 Å². The number of aromatic carboxylic acids is 1. The number of benzene rings is 1. The lowest BCUT2D eigenvalue weighted by atomic mass is 10.1. The van der Waals surface area contributed by atoms with Gasteiger partial charge in [0, 0.05) is 30.9 Å². The molecule has 0 saturated heterocycles. The molecule has 7 nitrogen and oxygen atoms in total. The fourth-order valence-corrected chi connectivity index (χ4v) is 2.55. The van der Waals surface area contributed by atoms with Crippen LogP contribution in [0.15, 0.2) is 42.9 Å². The van der Waals surface area contributed by atoms with E-state index in [1.165, 1.54) is 0 Å². The molecule has 0 bridgehead atoms. The topological polar surface area (TPSA) is 92.9 Å². The number of unbranched alkanes of at least 4 members (excludes halogenated alkanes) is 2. The maximum Gasteiger partial charge on any atom is 0.335 e. The van der Waals surface area contributed by atoms with Crippen molar-refractivity contribution in [3.63, 3.8) is 0 Å². The molecule has 0 saturated carbocycles. The zero-order valence-electron chi connectivity index (χ0n) is 13.2. The summed E-state index contributed by atoms with van der Waals surface area (Å²) in [6, 6.07) is 6.89. The Morgan fingerprint density at radius 2 is 2.00 bits per heavy atom. The molecule has 24 heavy (non-hydrogen) atoms. The average Bonchev–Trinajstić information content (AvgIpc) is 3.01. The van der Waals surface area contributed by atoms with Gasteiger partial charge in [0.1, 0.15) is 0 Å². The minimum atomic E-state index is -0.917. The van der Waals surface area contributed by atoms with Gasteiger partial charge in [0.25, 0.3) is 0 Å². The zero-order valence-corrected chi connectivity index (χ0v) is 13.2. The number of carboxylic acids is 1. The zero-order chi connectivity index (χ0) is 16.8. The van der Waals surface area contributed by atoms with Crippen molar-refractivity contribution in [2.24, 2.45) is 0 Å². The van der Waals surface area contributed by atoms with Crippen LogP contribution < -0.4 is 5.32 Å². The van der Waals surface area contributed by atoms with Crippen molar-refractivity contribution in [1.82, 2.24) is 19.7 Å². The Bertz CT molecular complexity index is 816. The SMILES string of the molecule is O=C(O)c1ccc2c(cnn2CCCCCNc2ncccn2)c1. The molecule has 0 unspecified atom stereocenters. The third kappa shape index (κ3) is 3.87. The standard InChI is InChI=1S/C17H19N5O2/c23-16(24)13-5-6-15-14(11-13)12-21-22(15)10-3-1-2-7-18-17-19-8-4-9-20-17/h4-6,8-9,11-12H,1-3,7,10H2,(H,23,24)(H,18,19,20). The molecule has 2 N–H and O–H groups in total. The first-order valence-electron chi connectivity index (χ1n) is 7.94. The molecule has 0 atom stereocenters. The van der Waals surface area contributed by atoms with E-state index >= 15 is 0 Å². The molecule has 0 radical (unpaired) electrons. The molecule has 124 valence electrons. The first kappa shape index (κ1) is 15.9. The smallest absolute Gasteiger partial charge is 0.335 e. The lowest BCUT2D eigenvalue weighted by Gasteiger charge is -2.05. The Kier molecular flexibility index (Phi) is 5.00. The van der Waals surface area contributed by atoms with Gasteiger partial charge in [-0.3, -0.25) is 4.68 Å². The van der Waals surface area contributed by atoms with Crippen molar-refractivity contribution < 1.29 is 9.90 Å². The third-order valence-corrected chi connectivity index (χ3v) is 3.78. The summed E-state index contributed by atoms with van der Waals surface area (Å²) in [7, 11) is 0. The van der Waals surface area contributed by atoms with Crippen LogP contribution in [0.25, 0.3) is 10.9 Å². The monoisotopic (exact) mass is 325 g/mol. The van der Waals surface area contributed by atoms with E-state index in [9.17, 15) is 4.79 Å². The Labute approximate surface area is 139 Å². The largest absolute Gasteiger partial charge is 0.478 e. The first-order valence-corrected chi connectivity index (χ1v) is 7.94. The van der Waals surface area contributed by atoms with Crippen LogP contribution in [0.1, 0.15) is 29.6 Å². The van der Waals surface area contributed by atoms with E-state index in [0.29, 0.717) is 5.95 Å². The quantitative estimate of drug-likeness (QED) is 0.619. The van der Waals surface area contributed by atoms with E-state index in [1.54, 1.807) is 36.8 Å². The van der Waals surface area contributed by atoms with E-state index in [2.05, 4.69) is 20.4 Å². The van der Waals surface area contributed by atoms with Gasteiger partial charge < -0.3 is 10.4 Å². The minimum Gasteiger partial charge on any atom is -0.478 e. The molecule has 7 heteroatoms. The summed E-state index contributed by atoms with van der Waals surface area (Å²) in [6.07, 6.45) is 8.25. The van der Waals surface area contributed by atoms with Crippen molar-refractivity contribution in [2.45, 2.75) is 25.8 Å². The highest BCUT2D eigenvalue weighted by atomic mass is 16.4. The summed E-state index contributed by atoms with van der Waals surface area (Å²) in [4.78, 5) is 19.2. The van der Waals surface area contributed by atoms with Crippen LogP contribution in [0.5, 0.6) is 0 Å². The Morgan fingerprint density at radius 3 is 2.79 bits per heavy atom. The summed E-state index contributed by atoms with van der Waals surface area (Å²) in [5.41, 5.74) is 1.26. The fraction of sp³-hybridized carbons (Fsp3) is 0.294. The molecule has 0 aliphatic carbocycles. The molecule has 0 aliphatic heterocycles. The number of hydrogen-bond acceptors (Lipinski definition) is 5. The summed E-state index contributed by atoms with van der Waals surface area (Å²) in [5, 5.41) is 17.4. The highest BCUT2D eigenvalue weighted by Crippen LogP contribution is 2.16. The van der Waals surface area contributed by atoms with Crippen LogP contribution >= 0.6 is 0 Å². The van der Waals surface area contributed by atoms with Crippen LogP contribution in [0.3, 0.4) is 0 Å². The molecular weight excluding hydrogens is 306 g/mol. The normalized spacial score (nSPS) is 10.8. The van der Waals surface area contributed by atoms with Gasteiger partial charge >= 0.3 is 5.97 Å². The van der Waals surface area contributed by atoms with Crippen LogP contribution in [-0.2, 0) is 6.54 Å². The van der Waals surface area contributed by atoms with Gasteiger partial charge in [0.05, 0.1) is 17.3 Å². The number of anilines is 1. The predicted molar refractivity (Wildman–Crippen MR) is 91.1 cm³/mol. The average molecular weight is 325 g/mol. The molecule has 1 aromatic carbocycles. The molecule has 2 heterocycles. The second-order valence-electron chi connectivity index (χ2n) is 5.51. The number of rotatable bonds is 8. The number of hydrogen-bond donors (Lipinski definition) is 2. The molecule has 3 rings (SSSR count). The molecular formula is C17H19N5O2. The number of nitrogens with one attached hydrogen (secondary N) is 1. The van der Waals surface area contributed by atoms with Crippen LogP contribution in [0.4, 0.5) is 5.95 Å².